The maximum absolute atomic E-state index is 13.5. The topological polar surface area (TPSA) is 66.5 Å². The van der Waals surface area contributed by atoms with Gasteiger partial charge in [0.25, 0.3) is 10.0 Å². The zero-order chi connectivity index (χ0) is 25.4. The second-order valence-corrected chi connectivity index (χ2v) is 11.9. The number of rotatable bonds is 11. The van der Waals surface area contributed by atoms with Crippen LogP contribution in [0.1, 0.15) is 28.7 Å². The number of nitrogens with one attached hydrogen (secondary N) is 1. The molecular formula is C27H31ClN2O3S2. The Kier molecular flexibility index (Phi) is 9.66. The molecule has 0 saturated heterocycles. The van der Waals surface area contributed by atoms with Crippen molar-refractivity contribution >= 4 is 45.0 Å². The molecule has 0 aliphatic rings. The zero-order valence-corrected chi connectivity index (χ0v) is 22.6. The van der Waals surface area contributed by atoms with Crippen LogP contribution in [0.2, 0.25) is 5.02 Å². The molecule has 0 saturated carbocycles. The quantitative estimate of drug-likeness (QED) is 0.313. The third-order valence-corrected chi connectivity index (χ3v) is 8.76. The van der Waals surface area contributed by atoms with Crippen LogP contribution in [0, 0.1) is 20.8 Å². The maximum Gasteiger partial charge on any atom is 0.264 e. The number of anilines is 1. The summed E-state index contributed by atoms with van der Waals surface area (Å²) in [5.41, 5.74) is 4.62. The fourth-order valence-electron chi connectivity index (χ4n) is 3.44. The van der Waals surface area contributed by atoms with Crippen molar-refractivity contribution in [2.24, 2.45) is 0 Å². The Morgan fingerprint density at radius 2 is 1.71 bits per heavy atom. The molecular weight excluding hydrogens is 500 g/mol. The minimum absolute atomic E-state index is 0.159. The second-order valence-electron chi connectivity index (χ2n) is 8.48. The lowest BCUT2D eigenvalue weighted by molar-refractivity contribution is -0.119. The monoisotopic (exact) mass is 530 g/mol. The minimum atomic E-state index is -3.91. The highest BCUT2D eigenvalue weighted by Crippen LogP contribution is 2.26. The van der Waals surface area contributed by atoms with Crippen molar-refractivity contribution in [3.05, 3.63) is 94.0 Å². The molecule has 0 aliphatic heterocycles. The fraction of sp³-hybridized carbons (Fsp3) is 0.296. The van der Waals surface area contributed by atoms with E-state index in [1.807, 2.05) is 51.1 Å². The molecule has 3 rings (SSSR count). The molecule has 1 amide bonds. The van der Waals surface area contributed by atoms with Gasteiger partial charge in [-0.25, -0.2) is 8.42 Å². The van der Waals surface area contributed by atoms with Crippen molar-refractivity contribution in [2.75, 3.05) is 23.1 Å². The van der Waals surface area contributed by atoms with E-state index in [9.17, 15) is 13.2 Å². The Labute approximate surface area is 217 Å². The van der Waals surface area contributed by atoms with Crippen molar-refractivity contribution in [1.82, 2.24) is 5.32 Å². The number of carbonyl (C=O) groups is 1. The number of carbonyl (C=O) groups excluding carboxylic acids is 1. The third-order valence-electron chi connectivity index (χ3n) is 5.62. The van der Waals surface area contributed by atoms with E-state index in [0.29, 0.717) is 12.2 Å². The lowest BCUT2D eigenvalue weighted by atomic mass is 10.1. The number of hydrogen-bond acceptors (Lipinski definition) is 4. The van der Waals surface area contributed by atoms with E-state index in [1.54, 1.807) is 48.2 Å². The van der Waals surface area contributed by atoms with Gasteiger partial charge in [-0.15, -0.1) is 0 Å². The summed E-state index contributed by atoms with van der Waals surface area (Å²) >= 11 is 7.79. The van der Waals surface area contributed by atoms with E-state index in [0.717, 1.165) is 45.2 Å². The van der Waals surface area contributed by atoms with Crippen molar-refractivity contribution in [3.63, 3.8) is 0 Å². The molecule has 0 radical (unpaired) electrons. The van der Waals surface area contributed by atoms with Crippen molar-refractivity contribution in [3.8, 4) is 0 Å². The van der Waals surface area contributed by atoms with Gasteiger partial charge in [-0.2, -0.15) is 11.8 Å². The van der Waals surface area contributed by atoms with Gasteiger partial charge in [0.15, 0.2) is 0 Å². The number of amides is 1. The Hall–Kier alpha value is -2.48. The Balaban J connectivity index is 1.62. The first-order valence-electron chi connectivity index (χ1n) is 11.4. The molecule has 0 bridgehead atoms. The number of benzene rings is 3. The van der Waals surface area contributed by atoms with Gasteiger partial charge in [0, 0.05) is 17.3 Å². The number of hydrogen-bond donors (Lipinski definition) is 1. The summed E-state index contributed by atoms with van der Waals surface area (Å²) in [5, 5.41) is 3.60. The van der Waals surface area contributed by atoms with Crippen LogP contribution in [0.4, 0.5) is 5.69 Å². The van der Waals surface area contributed by atoms with Gasteiger partial charge in [0.1, 0.15) is 6.54 Å². The summed E-state index contributed by atoms with van der Waals surface area (Å²) in [4.78, 5) is 12.9. The summed E-state index contributed by atoms with van der Waals surface area (Å²) in [6.45, 7) is 5.99. The first kappa shape index (κ1) is 27.1. The SMILES string of the molecule is Cc1ccc(S(=O)(=O)N(CC(=O)NCCCSCc2cccc(Cl)c2)c2ccc(C)c(C)c2)cc1. The van der Waals surface area contributed by atoms with Crippen LogP contribution in [-0.2, 0) is 20.6 Å². The first-order chi connectivity index (χ1) is 16.7. The number of nitrogens with zero attached hydrogens (tertiary/aromatic N) is 1. The van der Waals surface area contributed by atoms with E-state index in [2.05, 4.69) is 5.32 Å². The third kappa shape index (κ3) is 7.75. The van der Waals surface area contributed by atoms with Gasteiger partial charge in [-0.1, -0.05) is 47.5 Å². The summed E-state index contributed by atoms with van der Waals surface area (Å²) in [6, 6.07) is 19.9. The van der Waals surface area contributed by atoms with Crippen molar-refractivity contribution in [1.29, 1.82) is 0 Å². The zero-order valence-electron chi connectivity index (χ0n) is 20.3. The summed E-state index contributed by atoms with van der Waals surface area (Å²) in [6.07, 6.45) is 0.783. The molecule has 1 N–H and O–H groups in total. The van der Waals surface area contributed by atoms with Crippen LogP contribution in [0.5, 0.6) is 0 Å². The van der Waals surface area contributed by atoms with Gasteiger partial charge in [-0.3, -0.25) is 9.10 Å². The smallest absolute Gasteiger partial charge is 0.264 e. The highest BCUT2D eigenvalue weighted by atomic mass is 35.5. The molecule has 0 aliphatic carbocycles. The van der Waals surface area contributed by atoms with E-state index < -0.39 is 10.0 Å². The molecule has 0 atom stereocenters. The molecule has 0 aromatic heterocycles. The molecule has 0 unspecified atom stereocenters. The van der Waals surface area contributed by atoms with Crippen LogP contribution in [-0.4, -0.2) is 33.2 Å². The van der Waals surface area contributed by atoms with Gasteiger partial charge in [-0.05, 0) is 86.0 Å². The molecule has 8 heteroatoms. The molecule has 186 valence electrons. The number of thioether (sulfide) groups is 1. The highest BCUT2D eigenvalue weighted by Gasteiger charge is 2.27. The van der Waals surface area contributed by atoms with E-state index in [-0.39, 0.29) is 17.3 Å². The number of halogens is 1. The van der Waals surface area contributed by atoms with E-state index in [1.165, 1.54) is 4.31 Å². The molecule has 0 spiro atoms. The first-order valence-corrected chi connectivity index (χ1v) is 14.4. The lowest BCUT2D eigenvalue weighted by Crippen LogP contribution is -2.41. The summed E-state index contributed by atoms with van der Waals surface area (Å²) in [7, 11) is -3.91. The predicted octanol–water partition coefficient (Wildman–Crippen LogP) is 5.90. The predicted molar refractivity (Wildman–Crippen MR) is 147 cm³/mol. The van der Waals surface area contributed by atoms with Gasteiger partial charge in [0.2, 0.25) is 5.91 Å². The van der Waals surface area contributed by atoms with Gasteiger partial charge >= 0.3 is 0 Å². The Morgan fingerprint density at radius 3 is 2.40 bits per heavy atom. The van der Waals surface area contributed by atoms with Crippen LogP contribution in [0.3, 0.4) is 0 Å². The summed E-state index contributed by atoms with van der Waals surface area (Å²) in [5.74, 6) is 1.39. The van der Waals surface area contributed by atoms with Crippen molar-refractivity contribution < 1.29 is 13.2 Å². The average molecular weight is 531 g/mol. The molecule has 35 heavy (non-hydrogen) atoms. The maximum atomic E-state index is 13.5. The van der Waals surface area contributed by atoms with Crippen LogP contribution < -0.4 is 9.62 Å². The largest absolute Gasteiger partial charge is 0.354 e. The van der Waals surface area contributed by atoms with Crippen molar-refractivity contribution in [2.45, 2.75) is 37.8 Å². The van der Waals surface area contributed by atoms with E-state index in [4.69, 9.17) is 11.6 Å². The summed E-state index contributed by atoms with van der Waals surface area (Å²) < 4.78 is 28.2. The molecule has 5 nitrogen and oxygen atoms in total. The average Bonchev–Trinajstić information content (AvgIpc) is 2.82. The minimum Gasteiger partial charge on any atom is -0.354 e. The van der Waals surface area contributed by atoms with Gasteiger partial charge in [0.05, 0.1) is 10.6 Å². The van der Waals surface area contributed by atoms with Crippen LogP contribution in [0.25, 0.3) is 0 Å². The fourth-order valence-corrected chi connectivity index (χ4v) is 5.97. The molecule has 3 aromatic carbocycles. The Morgan fingerprint density at radius 1 is 0.971 bits per heavy atom. The van der Waals surface area contributed by atoms with Crippen LogP contribution >= 0.6 is 23.4 Å². The Bertz CT molecular complexity index is 1260. The molecule has 0 heterocycles. The highest BCUT2D eigenvalue weighted by molar-refractivity contribution is 7.98. The molecule has 3 aromatic rings. The number of sulfonamides is 1. The van der Waals surface area contributed by atoms with Gasteiger partial charge < -0.3 is 5.32 Å². The molecule has 0 fully saturated rings. The standard InChI is InChI=1S/C27H31ClN2O3S2/c1-20-8-12-26(13-9-20)35(32,33)30(25-11-10-21(2)22(3)16-25)18-27(31)29-14-5-15-34-19-23-6-4-7-24(28)17-23/h4,6-13,16-17H,5,14-15,18-19H2,1-3H3,(H,29,31). The normalized spacial score (nSPS) is 11.3. The second kappa shape index (κ2) is 12.5. The van der Waals surface area contributed by atoms with E-state index >= 15 is 0 Å². The van der Waals surface area contributed by atoms with Crippen LogP contribution in [0.15, 0.2) is 71.6 Å². The lowest BCUT2D eigenvalue weighted by Gasteiger charge is -2.25. The number of aryl methyl sites for hydroxylation is 3.